The molecule has 9 heteroatoms. The number of carbonyl (C=O) groups is 1. The van der Waals surface area contributed by atoms with Gasteiger partial charge in [0.2, 0.25) is 5.91 Å². The molecule has 5 N–H and O–H groups in total. The lowest BCUT2D eigenvalue weighted by atomic mass is 10.1. The van der Waals surface area contributed by atoms with Crippen LogP contribution in [-0.2, 0) is 18.4 Å². The normalized spacial score (nSPS) is 15.3. The number of unbranched alkanes of at least 4 members (excludes halogenated alkanes) is 8. The van der Waals surface area contributed by atoms with Crippen molar-refractivity contribution in [1.29, 1.82) is 0 Å². The minimum atomic E-state index is -4.38. The van der Waals surface area contributed by atoms with Crippen molar-refractivity contribution < 1.29 is 28.4 Å². The number of nitrogens with two attached hydrogens (primary N) is 1. The fraction of sp³-hybridized carbons (Fsp3) is 0.578. The van der Waals surface area contributed by atoms with Crippen molar-refractivity contribution in [3.8, 4) is 0 Å². The summed E-state index contributed by atoms with van der Waals surface area (Å²) in [5.74, 6) is -0.296. The molecule has 3 unspecified atom stereocenters. The third-order valence-corrected chi connectivity index (χ3v) is 9.06. The molecule has 0 radical (unpaired) electrons. The molecule has 0 fully saturated rings. The SMILES string of the molecule is CC/C=C\C/C=C\C/C=C\C/C=C\C/C=C\C/C=C\CCC(=O)NC(COP(=O)(O)OCCN)C(O)/C=C/CC/C=C/CC/C=C/CCCCCCCC. The molecule has 0 rings (SSSR count). The van der Waals surface area contributed by atoms with Gasteiger partial charge in [-0.2, -0.15) is 0 Å². The Labute approximate surface area is 329 Å². The zero-order chi connectivity index (χ0) is 39.6. The zero-order valence-electron chi connectivity index (χ0n) is 33.7. The van der Waals surface area contributed by atoms with Crippen molar-refractivity contribution in [1.82, 2.24) is 5.32 Å². The number of phosphoric acid groups is 1. The molecule has 306 valence electrons. The van der Waals surface area contributed by atoms with E-state index in [1.807, 2.05) is 18.2 Å². The Morgan fingerprint density at radius 2 is 1.09 bits per heavy atom. The highest BCUT2D eigenvalue weighted by Crippen LogP contribution is 2.43. The fourth-order valence-electron chi connectivity index (χ4n) is 5.01. The molecule has 0 aliphatic carbocycles. The van der Waals surface area contributed by atoms with Gasteiger partial charge < -0.3 is 21.1 Å². The zero-order valence-corrected chi connectivity index (χ0v) is 34.5. The third-order valence-electron chi connectivity index (χ3n) is 8.07. The predicted octanol–water partition coefficient (Wildman–Crippen LogP) is 11.4. The van der Waals surface area contributed by atoms with E-state index >= 15 is 0 Å². The summed E-state index contributed by atoms with van der Waals surface area (Å²) in [6, 6.07) is -0.931. The highest BCUT2D eigenvalue weighted by molar-refractivity contribution is 7.47. The van der Waals surface area contributed by atoms with E-state index in [1.165, 1.54) is 38.5 Å². The van der Waals surface area contributed by atoms with E-state index in [-0.39, 0.29) is 25.5 Å². The highest BCUT2D eigenvalue weighted by atomic mass is 31.2. The largest absolute Gasteiger partial charge is 0.472 e. The maximum Gasteiger partial charge on any atom is 0.472 e. The van der Waals surface area contributed by atoms with E-state index in [2.05, 4.69) is 104 Å². The topological polar surface area (TPSA) is 131 Å². The summed E-state index contributed by atoms with van der Waals surface area (Å²) in [6.07, 6.45) is 55.8. The first kappa shape index (κ1) is 51.2. The summed E-state index contributed by atoms with van der Waals surface area (Å²) in [5.41, 5.74) is 5.36. The minimum absolute atomic E-state index is 0.0540. The van der Waals surface area contributed by atoms with Crippen LogP contribution in [0.1, 0.15) is 136 Å². The molecule has 0 heterocycles. The van der Waals surface area contributed by atoms with Crippen LogP contribution in [0, 0.1) is 0 Å². The molecule has 0 aromatic carbocycles. The monoisotopic (exact) mass is 771 g/mol. The standard InChI is InChI=1S/C45H75N2O6P/c1-3-5-7-9-11-13-15-17-19-21-22-23-25-27-29-31-33-35-37-39-45(49)47-43(42-53-54(50,51)52-41-40-46)44(48)38-36-34-32-30-28-26-24-20-18-16-14-12-10-8-6-4-2/h5,7,11,13,17-20,22-23,27-30,33,35-36,38,43-44,48H,3-4,6,8-10,12,14-16,21,24-26,31-32,34,37,39-42,46H2,1-2H3,(H,47,49)(H,50,51)/b7-5-,13-11-,19-17-,20-18+,23-22-,29-27-,30-28+,35-33-,38-36+. The summed E-state index contributed by atoms with van der Waals surface area (Å²) in [6.45, 7) is 3.89. The average Bonchev–Trinajstić information content (AvgIpc) is 3.16. The number of rotatable bonds is 36. The van der Waals surface area contributed by atoms with Gasteiger partial charge in [0, 0.05) is 13.0 Å². The molecule has 0 spiro atoms. The first-order chi connectivity index (χ1) is 26.4. The van der Waals surface area contributed by atoms with Gasteiger partial charge in [0.05, 0.1) is 25.4 Å². The van der Waals surface area contributed by atoms with Gasteiger partial charge in [0.25, 0.3) is 0 Å². The molecule has 0 saturated heterocycles. The maximum absolute atomic E-state index is 12.7. The van der Waals surface area contributed by atoms with E-state index in [1.54, 1.807) is 6.08 Å². The van der Waals surface area contributed by atoms with Crippen LogP contribution in [0.2, 0.25) is 0 Å². The van der Waals surface area contributed by atoms with Gasteiger partial charge in [-0.25, -0.2) is 4.57 Å². The van der Waals surface area contributed by atoms with Gasteiger partial charge in [0.15, 0.2) is 0 Å². The molecule has 0 aromatic rings. The van der Waals surface area contributed by atoms with Crippen molar-refractivity contribution in [2.75, 3.05) is 19.8 Å². The van der Waals surface area contributed by atoms with E-state index in [4.69, 9.17) is 14.8 Å². The summed E-state index contributed by atoms with van der Waals surface area (Å²) < 4.78 is 22.0. The van der Waals surface area contributed by atoms with Crippen LogP contribution in [0.25, 0.3) is 0 Å². The lowest BCUT2D eigenvalue weighted by Crippen LogP contribution is -2.45. The second-order valence-electron chi connectivity index (χ2n) is 13.1. The number of hydrogen-bond acceptors (Lipinski definition) is 6. The van der Waals surface area contributed by atoms with Crippen molar-refractivity contribution in [2.24, 2.45) is 5.73 Å². The van der Waals surface area contributed by atoms with Gasteiger partial charge in [0.1, 0.15) is 0 Å². The van der Waals surface area contributed by atoms with Crippen LogP contribution in [0.15, 0.2) is 109 Å². The minimum Gasteiger partial charge on any atom is -0.387 e. The number of aliphatic hydroxyl groups is 1. The molecule has 0 bridgehead atoms. The Morgan fingerprint density at radius 3 is 1.63 bits per heavy atom. The Balaban J connectivity index is 4.51. The van der Waals surface area contributed by atoms with Crippen LogP contribution in [-0.4, -0.2) is 47.8 Å². The molecular weight excluding hydrogens is 695 g/mol. The van der Waals surface area contributed by atoms with Crippen molar-refractivity contribution in [3.05, 3.63) is 109 Å². The third kappa shape index (κ3) is 37.5. The first-order valence-electron chi connectivity index (χ1n) is 20.5. The molecule has 0 aliphatic heterocycles. The lowest BCUT2D eigenvalue weighted by Gasteiger charge is -2.23. The van der Waals surface area contributed by atoms with E-state index < -0.39 is 26.6 Å². The smallest absolute Gasteiger partial charge is 0.387 e. The molecule has 0 aromatic heterocycles. The number of allylic oxidation sites excluding steroid dienone is 17. The molecule has 54 heavy (non-hydrogen) atoms. The number of aliphatic hydroxyl groups excluding tert-OH is 1. The fourth-order valence-corrected chi connectivity index (χ4v) is 5.77. The Morgan fingerprint density at radius 1 is 0.630 bits per heavy atom. The summed E-state index contributed by atoms with van der Waals surface area (Å²) in [4.78, 5) is 22.6. The summed E-state index contributed by atoms with van der Waals surface area (Å²) in [5, 5.41) is 13.6. The second-order valence-corrected chi connectivity index (χ2v) is 14.5. The summed E-state index contributed by atoms with van der Waals surface area (Å²) >= 11 is 0. The van der Waals surface area contributed by atoms with Gasteiger partial charge in [-0.15, -0.1) is 0 Å². The van der Waals surface area contributed by atoms with Crippen molar-refractivity contribution in [3.63, 3.8) is 0 Å². The van der Waals surface area contributed by atoms with Crippen LogP contribution < -0.4 is 11.1 Å². The van der Waals surface area contributed by atoms with E-state index in [0.717, 1.165) is 64.2 Å². The average molecular weight is 771 g/mol. The molecule has 3 atom stereocenters. The predicted molar refractivity (Wildman–Crippen MR) is 230 cm³/mol. The molecule has 0 aliphatic rings. The van der Waals surface area contributed by atoms with E-state index in [9.17, 15) is 19.4 Å². The van der Waals surface area contributed by atoms with Crippen molar-refractivity contribution in [2.45, 2.75) is 148 Å². The number of carbonyl (C=O) groups excluding carboxylic acids is 1. The first-order valence-corrected chi connectivity index (χ1v) is 22.0. The number of nitrogens with one attached hydrogen (secondary N) is 1. The van der Waals surface area contributed by atoms with Crippen molar-refractivity contribution >= 4 is 13.7 Å². The van der Waals surface area contributed by atoms with Gasteiger partial charge in [-0.1, -0.05) is 155 Å². The second kappa shape index (κ2) is 39.8. The van der Waals surface area contributed by atoms with Gasteiger partial charge in [-0.05, 0) is 83.5 Å². The highest BCUT2D eigenvalue weighted by Gasteiger charge is 2.26. The van der Waals surface area contributed by atoms with Crippen LogP contribution >= 0.6 is 7.82 Å². The van der Waals surface area contributed by atoms with Gasteiger partial charge in [-0.3, -0.25) is 13.8 Å². The van der Waals surface area contributed by atoms with E-state index in [0.29, 0.717) is 12.8 Å². The molecule has 0 saturated carbocycles. The van der Waals surface area contributed by atoms with Crippen LogP contribution in [0.4, 0.5) is 0 Å². The summed E-state index contributed by atoms with van der Waals surface area (Å²) in [7, 11) is -4.38. The quantitative estimate of drug-likeness (QED) is 0.0283. The maximum atomic E-state index is 12.7. The Kier molecular flexibility index (Phi) is 37.7. The van der Waals surface area contributed by atoms with Crippen LogP contribution in [0.3, 0.4) is 0 Å². The number of amides is 1. The molecular formula is C45H75N2O6P. The Hall–Kier alpha value is -2.84. The Bertz CT molecular complexity index is 1200. The lowest BCUT2D eigenvalue weighted by molar-refractivity contribution is -0.122. The molecule has 1 amide bonds. The number of phosphoric ester groups is 1. The molecule has 8 nitrogen and oxygen atoms in total. The number of hydrogen-bond donors (Lipinski definition) is 4. The van der Waals surface area contributed by atoms with Gasteiger partial charge >= 0.3 is 7.82 Å². The van der Waals surface area contributed by atoms with Crippen LogP contribution in [0.5, 0.6) is 0 Å².